The van der Waals surface area contributed by atoms with E-state index in [4.69, 9.17) is 0 Å². The van der Waals surface area contributed by atoms with Crippen LogP contribution in [0.15, 0.2) is 9.98 Å². The molecule has 0 aliphatic carbocycles. The predicted octanol–water partition coefficient (Wildman–Crippen LogP) is 3.88. The molecule has 0 radical (unpaired) electrons. The lowest BCUT2D eigenvalue weighted by Crippen LogP contribution is -2.21. The van der Waals surface area contributed by atoms with Crippen molar-refractivity contribution in [2.75, 3.05) is 26.2 Å². The first-order chi connectivity index (χ1) is 9.28. The van der Waals surface area contributed by atoms with Gasteiger partial charge in [-0.15, -0.1) is 0 Å². The molecule has 0 heterocycles. The highest BCUT2D eigenvalue weighted by Gasteiger charge is 1.95. The topological polar surface area (TPSA) is 36.8 Å². The molecule has 0 amide bonds. The van der Waals surface area contributed by atoms with Gasteiger partial charge in [0.15, 0.2) is 0 Å². The second-order valence-electron chi connectivity index (χ2n) is 4.85. The summed E-state index contributed by atoms with van der Waals surface area (Å²) in [5, 5.41) is 3.41. The number of hydrogen-bond acceptors (Lipinski definition) is 3. The van der Waals surface area contributed by atoms with Gasteiger partial charge in [0.25, 0.3) is 0 Å². The third-order valence-corrected chi connectivity index (χ3v) is 3.14. The molecular weight excluding hydrogens is 234 g/mol. The summed E-state index contributed by atoms with van der Waals surface area (Å²) < 4.78 is 0. The van der Waals surface area contributed by atoms with Gasteiger partial charge in [-0.2, -0.15) is 0 Å². The molecule has 0 aliphatic heterocycles. The minimum Gasteiger partial charge on any atom is -0.313 e. The molecule has 0 fully saturated rings. The Balaban J connectivity index is 3.64. The largest absolute Gasteiger partial charge is 0.313 e. The predicted molar refractivity (Wildman–Crippen MR) is 87.9 cm³/mol. The van der Waals surface area contributed by atoms with E-state index in [9.17, 15) is 0 Å². The highest BCUT2D eigenvalue weighted by Crippen LogP contribution is 1.97. The van der Waals surface area contributed by atoms with Gasteiger partial charge in [-0.25, -0.2) is 0 Å². The fourth-order valence-corrected chi connectivity index (χ4v) is 2.02. The molecule has 0 bridgehead atoms. The SMILES string of the molecule is CCCC(CC)=NCCNCCN=C(CC)CCC. The third-order valence-electron chi connectivity index (χ3n) is 3.14. The van der Waals surface area contributed by atoms with Gasteiger partial charge in [-0.1, -0.05) is 40.5 Å². The summed E-state index contributed by atoms with van der Waals surface area (Å²) in [4.78, 5) is 9.26. The first kappa shape index (κ1) is 18.3. The quantitative estimate of drug-likeness (QED) is 0.423. The van der Waals surface area contributed by atoms with Crippen LogP contribution in [0.4, 0.5) is 0 Å². The molecule has 0 rings (SSSR count). The van der Waals surface area contributed by atoms with Gasteiger partial charge in [0.1, 0.15) is 0 Å². The minimum absolute atomic E-state index is 0.905. The summed E-state index contributed by atoms with van der Waals surface area (Å²) in [5.41, 5.74) is 2.72. The van der Waals surface area contributed by atoms with Crippen molar-refractivity contribution in [1.29, 1.82) is 0 Å². The van der Waals surface area contributed by atoms with Crippen molar-refractivity contribution in [3.63, 3.8) is 0 Å². The second kappa shape index (κ2) is 13.7. The molecule has 112 valence electrons. The van der Waals surface area contributed by atoms with Gasteiger partial charge >= 0.3 is 0 Å². The molecule has 0 unspecified atom stereocenters. The fraction of sp³-hybridized carbons (Fsp3) is 0.875. The van der Waals surface area contributed by atoms with E-state index in [0.717, 1.165) is 51.9 Å². The molecular formula is C16H33N3. The second-order valence-corrected chi connectivity index (χ2v) is 4.85. The summed E-state index contributed by atoms with van der Waals surface area (Å²) in [6.45, 7) is 12.6. The molecule has 3 heteroatoms. The molecule has 3 nitrogen and oxygen atoms in total. The highest BCUT2D eigenvalue weighted by atomic mass is 14.9. The first-order valence-corrected chi connectivity index (χ1v) is 8.03. The van der Waals surface area contributed by atoms with E-state index in [-0.39, 0.29) is 0 Å². The highest BCUT2D eigenvalue weighted by molar-refractivity contribution is 5.84. The van der Waals surface area contributed by atoms with E-state index < -0.39 is 0 Å². The molecule has 0 aromatic carbocycles. The maximum absolute atomic E-state index is 4.63. The van der Waals surface area contributed by atoms with Crippen molar-refractivity contribution in [2.45, 2.75) is 66.2 Å². The monoisotopic (exact) mass is 267 g/mol. The van der Waals surface area contributed by atoms with Crippen LogP contribution in [0.2, 0.25) is 0 Å². The van der Waals surface area contributed by atoms with E-state index in [1.807, 2.05) is 0 Å². The molecule has 1 N–H and O–H groups in total. The average Bonchev–Trinajstić information content (AvgIpc) is 2.43. The lowest BCUT2D eigenvalue weighted by atomic mass is 10.2. The fourth-order valence-electron chi connectivity index (χ4n) is 2.02. The Hall–Kier alpha value is -0.700. The Morgan fingerprint density at radius 1 is 0.737 bits per heavy atom. The van der Waals surface area contributed by atoms with Crippen molar-refractivity contribution in [2.24, 2.45) is 9.98 Å². The molecule has 0 aromatic heterocycles. The summed E-state index contributed by atoms with van der Waals surface area (Å²) >= 11 is 0. The zero-order valence-corrected chi connectivity index (χ0v) is 13.5. The van der Waals surface area contributed by atoms with Crippen LogP contribution in [0.25, 0.3) is 0 Å². The van der Waals surface area contributed by atoms with Crippen LogP contribution in [0.5, 0.6) is 0 Å². The lowest BCUT2D eigenvalue weighted by Gasteiger charge is -2.05. The van der Waals surface area contributed by atoms with Crippen LogP contribution < -0.4 is 5.32 Å². The number of hydrogen-bond donors (Lipinski definition) is 1. The molecule has 0 aliphatic rings. The molecule has 0 atom stereocenters. The Morgan fingerprint density at radius 2 is 1.16 bits per heavy atom. The molecule has 0 spiro atoms. The average molecular weight is 267 g/mol. The first-order valence-electron chi connectivity index (χ1n) is 8.03. The molecule has 19 heavy (non-hydrogen) atoms. The van der Waals surface area contributed by atoms with Crippen molar-refractivity contribution >= 4 is 11.4 Å². The lowest BCUT2D eigenvalue weighted by molar-refractivity contribution is 0.694. The molecule has 0 saturated carbocycles. The molecule has 0 aromatic rings. The number of nitrogens with zero attached hydrogens (tertiary/aromatic N) is 2. The van der Waals surface area contributed by atoms with Crippen molar-refractivity contribution in [3.05, 3.63) is 0 Å². The van der Waals surface area contributed by atoms with Crippen LogP contribution in [-0.2, 0) is 0 Å². The normalized spacial score (nSPS) is 13.1. The van der Waals surface area contributed by atoms with E-state index >= 15 is 0 Å². The standard InChI is InChI=1S/C16H33N3/c1-5-9-15(7-3)18-13-11-17-12-14-19-16(8-4)10-6-2/h17H,5-14H2,1-4H3. The maximum atomic E-state index is 4.63. The Kier molecular flexibility index (Phi) is 13.2. The smallest absolute Gasteiger partial charge is 0.0513 e. The van der Waals surface area contributed by atoms with E-state index in [0.29, 0.717) is 0 Å². The number of rotatable bonds is 12. The number of aliphatic imine (C=N–C) groups is 2. The van der Waals surface area contributed by atoms with Gasteiger partial charge in [0, 0.05) is 24.5 Å². The van der Waals surface area contributed by atoms with E-state index in [1.165, 1.54) is 24.3 Å². The van der Waals surface area contributed by atoms with E-state index in [1.54, 1.807) is 0 Å². The number of nitrogens with one attached hydrogen (secondary N) is 1. The maximum Gasteiger partial charge on any atom is 0.0513 e. The van der Waals surface area contributed by atoms with Gasteiger partial charge in [0.2, 0.25) is 0 Å². The van der Waals surface area contributed by atoms with Crippen LogP contribution in [0.1, 0.15) is 66.2 Å². The third kappa shape index (κ3) is 10.9. The van der Waals surface area contributed by atoms with Gasteiger partial charge in [-0.05, 0) is 25.7 Å². The van der Waals surface area contributed by atoms with Gasteiger partial charge < -0.3 is 5.32 Å². The van der Waals surface area contributed by atoms with Crippen LogP contribution in [-0.4, -0.2) is 37.6 Å². The summed E-state index contributed by atoms with van der Waals surface area (Å²) in [5.74, 6) is 0. The van der Waals surface area contributed by atoms with Crippen LogP contribution >= 0.6 is 0 Å². The molecule has 0 saturated heterocycles. The zero-order chi connectivity index (χ0) is 14.3. The van der Waals surface area contributed by atoms with Crippen LogP contribution in [0, 0.1) is 0 Å². The van der Waals surface area contributed by atoms with Gasteiger partial charge in [0.05, 0.1) is 13.1 Å². The van der Waals surface area contributed by atoms with Crippen LogP contribution in [0.3, 0.4) is 0 Å². The Labute approximate surface area is 120 Å². The van der Waals surface area contributed by atoms with Crippen molar-refractivity contribution < 1.29 is 0 Å². The Bertz CT molecular complexity index is 231. The van der Waals surface area contributed by atoms with Crippen molar-refractivity contribution in [1.82, 2.24) is 5.32 Å². The zero-order valence-electron chi connectivity index (χ0n) is 13.5. The summed E-state index contributed by atoms with van der Waals surface area (Å²) in [6, 6.07) is 0. The van der Waals surface area contributed by atoms with E-state index in [2.05, 4.69) is 43.0 Å². The summed E-state index contributed by atoms with van der Waals surface area (Å²) in [7, 11) is 0. The van der Waals surface area contributed by atoms with Crippen molar-refractivity contribution in [3.8, 4) is 0 Å². The van der Waals surface area contributed by atoms with Gasteiger partial charge in [-0.3, -0.25) is 9.98 Å². The summed E-state index contributed by atoms with van der Waals surface area (Å²) in [6.07, 6.45) is 6.89. The minimum atomic E-state index is 0.905. The Morgan fingerprint density at radius 3 is 1.47 bits per heavy atom.